The summed E-state index contributed by atoms with van der Waals surface area (Å²) in [6, 6.07) is 3.19. The molecule has 1 aliphatic heterocycles. The number of aromatic nitrogens is 2. The van der Waals surface area contributed by atoms with Crippen LogP contribution in [0.3, 0.4) is 0 Å². The number of imidazole rings is 1. The van der Waals surface area contributed by atoms with Gasteiger partial charge in [-0.2, -0.15) is 0 Å². The second-order valence-corrected chi connectivity index (χ2v) is 6.88. The van der Waals surface area contributed by atoms with E-state index in [1.54, 1.807) is 16.7 Å². The average Bonchev–Trinajstić information content (AvgIpc) is 2.95. The van der Waals surface area contributed by atoms with Crippen LogP contribution in [0.15, 0.2) is 16.9 Å². The van der Waals surface area contributed by atoms with Gasteiger partial charge >= 0.3 is 5.97 Å². The zero-order chi connectivity index (χ0) is 17.6. The molecule has 0 saturated carbocycles. The molecule has 0 unspecified atom stereocenters. The number of nitrogens with zero attached hydrogens (tertiary/aromatic N) is 2. The van der Waals surface area contributed by atoms with Crippen molar-refractivity contribution >= 4 is 56.1 Å². The third-order valence-electron chi connectivity index (χ3n) is 3.73. The topological polar surface area (TPSA) is 93.8 Å². The fourth-order valence-electron chi connectivity index (χ4n) is 2.58. The Bertz CT molecular complexity index is 799. The molecule has 1 aromatic carbocycles. The van der Waals surface area contributed by atoms with Crippen molar-refractivity contribution in [2.24, 2.45) is 0 Å². The van der Waals surface area contributed by atoms with E-state index >= 15 is 0 Å². The minimum Gasteiger partial charge on any atom is -0.463 e. The van der Waals surface area contributed by atoms with E-state index in [9.17, 15) is 15.0 Å². The molecule has 7 nitrogen and oxygen atoms in total. The number of aliphatic hydroxyl groups excluding tert-OH is 2. The normalized spacial score (nSPS) is 26.9. The smallest absolute Gasteiger partial charge is 0.302 e. The van der Waals surface area contributed by atoms with Gasteiger partial charge in [0.1, 0.15) is 24.9 Å². The van der Waals surface area contributed by atoms with Crippen molar-refractivity contribution in [2.45, 2.75) is 31.5 Å². The Balaban J connectivity index is 1.96. The van der Waals surface area contributed by atoms with E-state index in [2.05, 4.69) is 20.9 Å². The number of ether oxygens (including phenoxy) is 2. The fraction of sp³-hybridized carbons (Fsp3) is 0.429. The number of carbonyl (C=O) groups is 1. The number of carbonyl (C=O) groups excluding carboxylic acids is 1. The molecule has 1 saturated heterocycles. The van der Waals surface area contributed by atoms with Gasteiger partial charge in [-0.25, -0.2) is 4.98 Å². The van der Waals surface area contributed by atoms with Crippen LogP contribution in [0, 0.1) is 0 Å². The van der Waals surface area contributed by atoms with Crippen LogP contribution >= 0.6 is 39.1 Å². The molecule has 4 atom stereocenters. The molecule has 0 amide bonds. The van der Waals surface area contributed by atoms with Crippen LogP contribution in [-0.2, 0) is 14.3 Å². The van der Waals surface area contributed by atoms with Crippen molar-refractivity contribution in [3.63, 3.8) is 0 Å². The van der Waals surface area contributed by atoms with Crippen LogP contribution < -0.4 is 0 Å². The molecule has 0 radical (unpaired) electrons. The van der Waals surface area contributed by atoms with Crippen LogP contribution in [-0.4, -0.2) is 50.7 Å². The molecule has 3 rings (SSSR count). The zero-order valence-corrected chi connectivity index (χ0v) is 15.4. The van der Waals surface area contributed by atoms with E-state index in [0.717, 1.165) is 0 Å². The standard InChI is InChI=1S/C14H13BrCl2N2O5/c1-5(20)23-4-10-11(21)12(22)13(24-10)19-9-3-7(17)6(16)2-8(9)18-14(19)15/h2-3,10-13,21-22H,4H2,1H3/t10-,11-,12-,13-/m0/s1. The Morgan fingerprint density at radius 2 is 2.04 bits per heavy atom. The molecular weight excluding hydrogens is 427 g/mol. The van der Waals surface area contributed by atoms with Gasteiger partial charge in [0.15, 0.2) is 11.0 Å². The molecule has 1 aromatic heterocycles. The Hall–Kier alpha value is -0.900. The quantitative estimate of drug-likeness (QED) is 0.712. The van der Waals surface area contributed by atoms with Gasteiger partial charge < -0.3 is 19.7 Å². The van der Waals surface area contributed by atoms with Crippen molar-refractivity contribution in [2.75, 3.05) is 6.61 Å². The lowest BCUT2D eigenvalue weighted by molar-refractivity contribution is -0.147. The van der Waals surface area contributed by atoms with Crippen LogP contribution in [0.25, 0.3) is 11.0 Å². The summed E-state index contributed by atoms with van der Waals surface area (Å²) in [4.78, 5) is 15.2. The van der Waals surface area contributed by atoms with Crippen molar-refractivity contribution in [3.8, 4) is 0 Å². The molecule has 1 fully saturated rings. The highest BCUT2D eigenvalue weighted by Crippen LogP contribution is 2.37. The van der Waals surface area contributed by atoms with E-state index in [-0.39, 0.29) is 6.61 Å². The highest BCUT2D eigenvalue weighted by atomic mass is 79.9. The van der Waals surface area contributed by atoms with Crippen molar-refractivity contribution in [1.29, 1.82) is 0 Å². The minimum atomic E-state index is -1.24. The van der Waals surface area contributed by atoms with E-state index in [1.807, 2.05) is 0 Å². The van der Waals surface area contributed by atoms with Crippen molar-refractivity contribution in [1.82, 2.24) is 9.55 Å². The second-order valence-electron chi connectivity index (χ2n) is 5.35. The summed E-state index contributed by atoms with van der Waals surface area (Å²) in [7, 11) is 0. The number of aliphatic hydroxyl groups is 2. The lowest BCUT2D eigenvalue weighted by Crippen LogP contribution is -2.34. The number of rotatable bonds is 3. The maximum Gasteiger partial charge on any atom is 0.302 e. The van der Waals surface area contributed by atoms with Gasteiger partial charge in [-0.05, 0) is 28.1 Å². The molecular formula is C14H13BrCl2N2O5. The average molecular weight is 440 g/mol. The SMILES string of the molecule is CC(=O)OC[C@@H]1O[C@H](n2c(Br)nc3cc(Cl)c(Cl)cc32)[C@@H](O)[C@H]1O. The summed E-state index contributed by atoms with van der Waals surface area (Å²) >= 11 is 15.4. The Labute approximate surface area is 155 Å². The van der Waals surface area contributed by atoms with Gasteiger partial charge in [0.25, 0.3) is 0 Å². The first-order chi connectivity index (χ1) is 11.3. The first-order valence-corrected chi connectivity index (χ1v) is 8.52. The molecule has 2 aromatic rings. The Morgan fingerprint density at radius 1 is 1.38 bits per heavy atom. The van der Waals surface area contributed by atoms with Crippen LogP contribution in [0.1, 0.15) is 13.2 Å². The Kier molecular flexibility index (Phi) is 5.06. The highest BCUT2D eigenvalue weighted by Gasteiger charge is 2.45. The summed E-state index contributed by atoms with van der Waals surface area (Å²) in [5.41, 5.74) is 1.12. The van der Waals surface area contributed by atoms with E-state index in [1.165, 1.54) is 6.92 Å². The number of hydrogen-bond donors (Lipinski definition) is 2. The van der Waals surface area contributed by atoms with Gasteiger partial charge in [0, 0.05) is 6.92 Å². The number of esters is 1. The second kappa shape index (κ2) is 6.78. The molecule has 0 spiro atoms. The van der Waals surface area contributed by atoms with Gasteiger partial charge in [-0.3, -0.25) is 9.36 Å². The predicted octanol–water partition coefficient (Wildman–Crippen LogP) is 2.29. The third kappa shape index (κ3) is 3.14. The molecule has 10 heteroatoms. The number of fused-ring (bicyclic) bond motifs is 1. The van der Waals surface area contributed by atoms with Gasteiger partial charge in [-0.15, -0.1) is 0 Å². The predicted molar refractivity (Wildman–Crippen MR) is 90.0 cm³/mol. The number of benzene rings is 1. The summed E-state index contributed by atoms with van der Waals surface area (Å²) in [6.45, 7) is 1.09. The molecule has 0 aliphatic carbocycles. The van der Waals surface area contributed by atoms with E-state index < -0.39 is 30.5 Å². The van der Waals surface area contributed by atoms with Gasteiger partial charge in [0.2, 0.25) is 0 Å². The summed E-state index contributed by atoms with van der Waals surface area (Å²) in [5.74, 6) is -0.501. The Morgan fingerprint density at radius 3 is 2.71 bits per heavy atom. The highest BCUT2D eigenvalue weighted by molar-refractivity contribution is 9.10. The fourth-order valence-corrected chi connectivity index (χ4v) is 3.48. The first kappa shape index (κ1) is 17.9. The molecule has 24 heavy (non-hydrogen) atoms. The number of hydrogen-bond acceptors (Lipinski definition) is 6. The van der Waals surface area contributed by atoms with Gasteiger partial charge in [0.05, 0.1) is 21.1 Å². The molecule has 2 N–H and O–H groups in total. The van der Waals surface area contributed by atoms with E-state index in [4.69, 9.17) is 32.7 Å². The largest absolute Gasteiger partial charge is 0.463 e. The maximum atomic E-state index is 10.9. The van der Waals surface area contributed by atoms with Crippen LogP contribution in [0.4, 0.5) is 0 Å². The van der Waals surface area contributed by atoms with Crippen molar-refractivity contribution < 1.29 is 24.5 Å². The molecule has 2 heterocycles. The lowest BCUT2D eigenvalue weighted by Gasteiger charge is -2.18. The van der Waals surface area contributed by atoms with Crippen molar-refractivity contribution in [3.05, 3.63) is 26.9 Å². The van der Waals surface area contributed by atoms with Gasteiger partial charge in [-0.1, -0.05) is 23.2 Å². The zero-order valence-electron chi connectivity index (χ0n) is 12.3. The first-order valence-electron chi connectivity index (χ1n) is 6.97. The monoisotopic (exact) mass is 438 g/mol. The lowest BCUT2D eigenvalue weighted by atomic mass is 10.1. The summed E-state index contributed by atoms with van der Waals surface area (Å²) in [5, 5.41) is 21.1. The number of halogens is 3. The third-order valence-corrected chi connectivity index (χ3v) is 5.01. The summed E-state index contributed by atoms with van der Waals surface area (Å²) < 4.78 is 12.5. The minimum absolute atomic E-state index is 0.166. The van der Waals surface area contributed by atoms with E-state index in [0.29, 0.717) is 25.8 Å². The summed E-state index contributed by atoms with van der Waals surface area (Å²) in [6.07, 6.45) is -4.26. The van der Waals surface area contributed by atoms with Crippen LogP contribution in [0.5, 0.6) is 0 Å². The molecule has 0 bridgehead atoms. The maximum absolute atomic E-state index is 10.9. The molecule has 1 aliphatic rings. The molecule has 130 valence electrons. The van der Waals surface area contributed by atoms with Crippen LogP contribution in [0.2, 0.25) is 10.0 Å².